The second kappa shape index (κ2) is 9.86. The number of hydrogen-bond acceptors (Lipinski definition) is 6. The van der Waals surface area contributed by atoms with Gasteiger partial charge in [0.1, 0.15) is 5.75 Å². The van der Waals surface area contributed by atoms with Crippen molar-refractivity contribution in [1.82, 2.24) is 4.90 Å². The largest absolute Gasteiger partial charge is 0.496 e. The van der Waals surface area contributed by atoms with Crippen molar-refractivity contribution in [3.63, 3.8) is 0 Å². The van der Waals surface area contributed by atoms with Gasteiger partial charge in [0, 0.05) is 13.1 Å². The molecule has 2 aliphatic rings. The van der Waals surface area contributed by atoms with Crippen LogP contribution in [0, 0.1) is 5.92 Å². The number of alkyl halides is 3. The zero-order chi connectivity index (χ0) is 28.1. The summed E-state index contributed by atoms with van der Waals surface area (Å²) in [7, 11) is -6.23. The Balaban J connectivity index is 1.49. The van der Waals surface area contributed by atoms with Gasteiger partial charge in [-0.25, -0.2) is 16.8 Å². The number of carbonyl (C=O) groups is 1. The lowest BCUT2D eigenvalue weighted by atomic mass is 9.85. The highest BCUT2D eigenvalue weighted by molar-refractivity contribution is 7.93. The van der Waals surface area contributed by atoms with Gasteiger partial charge < -0.3 is 9.64 Å². The molecule has 1 saturated carbocycles. The van der Waals surface area contributed by atoms with E-state index in [-0.39, 0.29) is 40.1 Å². The molecule has 0 spiro atoms. The molecule has 12 heteroatoms. The summed E-state index contributed by atoms with van der Waals surface area (Å²) in [6, 6.07) is 7.95. The Morgan fingerprint density at radius 1 is 0.921 bits per heavy atom. The van der Waals surface area contributed by atoms with E-state index in [0.717, 1.165) is 12.1 Å². The Hall–Kier alpha value is -2.60. The summed E-state index contributed by atoms with van der Waals surface area (Å²) in [5.74, 6) is -0.625. The monoisotopic (exact) mass is 573 g/mol. The molecule has 2 fully saturated rings. The number of benzene rings is 2. The minimum atomic E-state index is -4.66. The molecule has 0 radical (unpaired) electrons. The average molecular weight is 574 g/mol. The first-order valence-corrected chi connectivity index (χ1v) is 15.3. The highest BCUT2D eigenvalue weighted by Gasteiger charge is 2.45. The first kappa shape index (κ1) is 28.4. The molecule has 0 aromatic heterocycles. The van der Waals surface area contributed by atoms with E-state index in [1.54, 1.807) is 4.90 Å². The van der Waals surface area contributed by atoms with Gasteiger partial charge in [0.15, 0.2) is 19.7 Å². The van der Waals surface area contributed by atoms with E-state index in [0.29, 0.717) is 31.7 Å². The van der Waals surface area contributed by atoms with Gasteiger partial charge in [-0.1, -0.05) is 6.07 Å². The van der Waals surface area contributed by atoms with Crippen LogP contribution >= 0.6 is 0 Å². The second-order valence-corrected chi connectivity index (χ2v) is 15.1. The lowest BCUT2D eigenvalue weighted by Crippen LogP contribution is -2.47. The van der Waals surface area contributed by atoms with E-state index in [1.165, 1.54) is 45.2 Å². The van der Waals surface area contributed by atoms with Gasteiger partial charge in [0.2, 0.25) is 0 Å². The SMILES string of the molecule is COc1cc(S(=O)(=O)C2CC2)ccc1C(=O)N1CCC(C(C)(C)S(=O)(=O)c2cccc(C(F)(F)F)c2)CC1. The number of likely N-dealkylation sites (tertiary alicyclic amines) is 1. The third-order valence-corrected chi connectivity index (χ3v) is 12.5. The van der Waals surface area contributed by atoms with Crippen molar-refractivity contribution in [3.05, 3.63) is 53.6 Å². The number of rotatable bonds is 7. The molecular weight excluding hydrogens is 543 g/mol. The average Bonchev–Trinajstić information content (AvgIpc) is 3.74. The highest BCUT2D eigenvalue weighted by Crippen LogP contribution is 2.40. The first-order valence-electron chi connectivity index (χ1n) is 12.2. The third-order valence-electron chi connectivity index (χ3n) is 7.62. The Bertz CT molecular complexity index is 1440. The van der Waals surface area contributed by atoms with E-state index in [4.69, 9.17) is 4.74 Å². The Kier molecular flexibility index (Phi) is 7.37. The summed E-state index contributed by atoms with van der Waals surface area (Å²) < 4.78 is 95.4. The minimum Gasteiger partial charge on any atom is -0.496 e. The molecule has 1 aliphatic heterocycles. The van der Waals surface area contributed by atoms with E-state index in [9.17, 15) is 34.8 Å². The molecule has 1 heterocycles. The standard InChI is InChI=1S/C26H30F3NO6S2/c1-25(2,38(34,35)21-6-4-5-18(15-21)26(27,28)29)17-11-13-30(14-12-17)24(31)22-10-9-20(16-23(22)36-3)37(32,33)19-7-8-19/h4-6,9-10,15-17,19H,7-8,11-14H2,1-3H3. The molecule has 2 aromatic carbocycles. The minimum absolute atomic E-state index is 0.105. The molecule has 7 nitrogen and oxygen atoms in total. The summed E-state index contributed by atoms with van der Waals surface area (Å²) in [5.41, 5.74) is -0.823. The Morgan fingerprint density at radius 2 is 1.55 bits per heavy atom. The Morgan fingerprint density at radius 3 is 2.11 bits per heavy atom. The molecular formula is C26H30F3NO6S2. The number of halogens is 3. The van der Waals surface area contributed by atoms with Crippen LogP contribution in [0.25, 0.3) is 0 Å². The molecule has 38 heavy (non-hydrogen) atoms. The second-order valence-electron chi connectivity index (χ2n) is 10.3. The lowest BCUT2D eigenvalue weighted by Gasteiger charge is -2.40. The zero-order valence-corrected chi connectivity index (χ0v) is 22.9. The van der Waals surface area contributed by atoms with Gasteiger partial charge in [-0.2, -0.15) is 13.2 Å². The molecule has 1 amide bonds. The molecule has 4 rings (SSSR count). The fourth-order valence-electron chi connectivity index (χ4n) is 4.91. The van der Waals surface area contributed by atoms with E-state index in [2.05, 4.69) is 0 Å². The van der Waals surface area contributed by atoms with Crippen molar-refractivity contribution in [1.29, 1.82) is 0 Å². The number of piperidine rings is 1. The number of methoxy groups -OCH3 is 1. The van der Waals surface area contributed by atoms with Crippen LogP contribution in [0.5, 0.6) is 5.75 Å². The van der Waals surface area contributed by atoms with E-state index in [1.807, 2.05) is 0 Å². The van der Waals surface area contributed by atoms with Crippen LogP contribution in [0.15, 0.2) is 52.3 Å². The summed E-state index contributed by atoms with van der Waals surface area (Å²) in [4.78, 5) is 14.5. The summed E-state index contributed by atoms with van der Waals surface area (Å²) in [5, 5.41) is -0.400. The number of ether oxygens (including phenoxy) is 1. The van der Waals surface area contributed by atoms with Crippen molar-refractivity contribution in [2.24, 2.45) is 5.92 Å². The van der Waals surface area contributed by atoms with Gasteiger partial charge in [-0.3, -0.25) is 4.79 Å². The van der Waals surface area contributed by atoms with Crippen molar-refractivity contribution in [3.8, 4) is 5.75 Å². The molecule has 0 unspecified atom stereocenters. The maximum Gasteiger partial charge on any atom is 0.416 e. The van der Waals surface area contributed by atoms with Crippen molar-refractivity contribution >= 4 is 25.6 Å². The van der Waals surface area contributed by atoms with Gasteiger partial charge in [0.25, 0.3) is 5.91 Å². The number of hydrogen-bond donors (Lipinski definition) is 0. The lowest BCUT2D eigenvalue weighted by molar-refractivity contribution is -0.137. The number of amides is 1. The fraction of sp³-hybridized carbons (Fsp3) is 0.500. The Labute approximate surface area is 220 Å². The van der Waals surface area contributed by atoms with Gasteiger partial charge >= 0.3 is 6.18 Å². The van der Waals surface area contributed by atoms with E-state index < -0.39 is 47.3 Å². The third kappa shape index (κ3) is 5.16. The molecule has 0 N–H and O–H groups in total. The predicted octanol–water partition coefficient (Wildman–Crippen LogP) is 4.75. The highest BCUT2D eigenvalue weighted by atomic mass is 32.2. The quantitative estimate of drug-likeness (QED) is 0.474. The van der Waals surface area contributed by atoms with Gasteiger partial charge in [-0.05, 0) is 81.8 Å². The number of sulfone groups is 2. The van der Waals surface area contributed by atoms with Crippen LogP contribution in [-0.2, 0) is 25.9 Å². The van der Waals surface area contributed by atoms with E-state index >= 15 is 0 Å². The first-order chi connectivity index (χ1) is 17.6. The van der Waals surface area contributed by atoms with Gasteiger partial charge in [0.05, 0.1) is 38.0 Å². The molecule has 1 aliphatic carbocycles. The smallest absolute Gasteiger partial charge is 0.416 e. The molecule has 208 valence electrons. The molecule has 0 atom stereocenters. The molecule has 2 aromatic rings. The number of nitrogens with zero attached hydrogens (tertiary/aromatic N) is 1. The van der Waals surface area contributed by atoms with Crippen LogP contribution in [0.2, 0.25) is 0 Å². The normalized spacial score (nSPS) is 17.9. The van der Waals surface area contributed by atoms with Crippen LogP contribution in [0.3, 0.4) is 0 Å². The van der Waals surface area contributed by atoms with Crippen LogP contribution in [0.1, 0.15) is 55.5 Å². The summed E-state index contributed by atoms with van der Waals surface area (Å²) >= 11 is 0. The van der Waals surface area contributed by atoms with Crippen molar-refractivity contribution < 1.29 is 39.5 Å². The molecule has 0 bridgehead atoms. The summed E-state index contributed by atoms with van der Waals surface area (Å²) in [6.45, 7) is 3.48. The maximum absolute atomic E-state index is 13.4. The summed E-state index contributed by atoms with van der Waals surface area (Å²) in [6.07, 6.45) is -2.79. The van der Waals surface area contributed by atoms with Crippen LogP contribution in [-0.4, -0.2) is 57.8 Å². The van der Waals surface area contributed by atoms with Crippen molar-refractivity contribution in [2.45, 2.75) is 65.5 Å². The molecule has 1 saturated heterocycles. The van der Waals surface area contributed by atoms with Crippen LogP contribution in [0.4, 0.5) is 13.2 Å². The topological polar surface area (TPSA) is 97.8 Å². The number of carbonyl (C=O) groups excluding carboxylic acids is 1. The van der Waals surface area contributed by atoms with Gasteiger partial charge in [-0.15, -0.1) is 0 Å². The predicted molar refractivity (Wildman–Crippen MR) is 135 cm³/mol. The zero-order valence-electron chi connectivity index (χ0n) is 21.3. The van der Waals surface area contributed by atoms with Crippen molar-refractivity contribution in [2.75, 3.05) is 20.2 Å². The fourth-order valence-corrected chi connectivity index (χ4v) is 8.40. The van der Waals surface area contributed by atoms with Crippen LogP contribution < -0.4 is 4.74 Å². The maximum atomic E-state index is 13.4.